The van der Waals surface area contributed by atoms with Gasteiger partial charge in [0.25, 0.3) is 6.71 Å². The molecule has 0 atom stereocenters. The SMILES string of the molecule is Cc1cccc(B2c3ccccc3Oc3c2ccc2ccccc32)c1. The summed E-state index contributed by atoms with van der Waals surface area (Å²) in [5.41, 5.74) is 5.06. The number of hydrogen-bond donors (Lipinski definition) is 0. The zero-order valence-electron chi connectivity index (χ0n) is 14.1. The first kappa shape index (κ1) is 14.4. The Balaban J connectivity index is 1.83. The average Bonchev–Trinajstić information content (AvgIpc) is 2.66. The lowest BCUT2D eigenvalue weighted by Crippen LogP contribution is -2.54. The molecule has 2 heteroatoms. The third-order valence-corrected chi connectivity index (χ3v) is 5.04. The van der Waals surface area contributed by atoms with Crippen LogP contribution in [-0.2, 0) is 0 Å². The number of para-hydroxylation sites is 1. The molecule has 0 unspecified atom stereocenters. The van der Waals surface area contributed by atoms with Gasteiger partial charge in [0.05, 0.1) is 0 Å². The van der Waals surface area contributed by atoms with Crippen molar-refractivity contribution in [1.29, 1.82) is 0 Å². The van der Waals surface area contributed by atoms with E-state index in [2.05, 4.69) is 85.8 Å². The van der Waals surface area contributed by atoms with Gasteiger partial charge >= 0.3 is 0 Å². The molecular weight excluding hydrogens is 303 g/mol. The van der Waals surface area contributed by atoms with Crippen LogP contribution >= 0.6 is 0 Å². The minimum Gasteiger partial charge on any atom is -0.458 e. The van der Waals surface area contributed by atoms with E-state index in [-0.39, 0.29) is 6.71 Å². The summed E-state index contributed by atoms with van der Waals surface area (Å²) < 4.78 is 6.37. The maximum atomic E-state index is 6.37. The van der Waals surface area contributed by atoms with Crippen molar-refractivity contribution in [3.05, 3.63) is 90.5 Å². The Bertz CT molecular complexity index is 1100. The van der Waals surface area contributed by atoms with Gasteiger partial charge in [0, 0.05) is 5.39 Å². The van der Waals surface area contributed by atoms with Gasteiger partial charge in [-0.3, -0.25) is 0 Å². The average molecular weight is 320 g/mol. The summed E-state index contributed by atoms with van der Waals surface area (Å²) in [6, 6.07) is 30.1. The maximum Gasteiger partial charge on any atom is 0.250 e. The highest BCUT2D eigenvalue weighted by atomic mass is 16.5. The fraction of sp³-hybridized carbons (Fsp3) is 0.0435. The Labute approximate surface area is 148 Å². The molecule has 4 aromatic rings. The number of ether oxygens (including phenoxy) is 1. The molecule has 0 aromatic heterocycles. The molecule has 118 valence electrons. The van der Waals surface area contributed by atoms with Crippen LogP contribution in [0.2, 0.25) is 0 Å². The lowest BCUT2D eigenvalue weighted by atomic mass is 9.35. The normalized spacial score (nSPS) is 12.4. The van der Waals surface area contributed by atoms with Crippen molar-refractivity contribution < 1.29 is 4.74 Å². The third kappa shape index (κ3) is 2.25. The fourth-order valence-corrected chi connectivity index (χ4v) is 3.90. The molecule has 0 spiro atoms. The Morgan fingerprint density at radius 1 is 0.720 bits per heavy atom. The van der Waals surface area contributed by atoms with Crippen molar-refractivity contribution in [3.63, 3.8) is 0 Å². The molecule has 0 amide bonds. The second-order valence-corrected chi connectivity index (χ2v) is 6.69. The van der Waals surface area contributed by atoms with Gasteiger partial charge in [-0.25, -0.2) is 0 Å². The van der Waals surface area contributed by atoms with E-state index in [9.17, 15) is 0 Å². The summed E-state index contributed by atoms with van der Waals surface area (Å²) >= 11 is 0. The molecule has 0 aliphatic carbocycles. The summed E-state index contributed by atoms with van der Waals surface area (Å²) in [4.78, 5) is 0. The number of rotatable bonds is 1. The van der Waals surface area contributed by atoms with E-state index in [4.69, 9.17) is 4.74 Å². The van der Waals surface area contributed by atoms with Crippen molar-refractivity contribution in [2.24, 2.45) is 0 Å². The van der Waals surface area contributed by atoms with Gasteiger partial charge in [-0.05, 0) is 29.3 Å². The van der Waals surface area contributed by atoms with E-state index < -0.39 is 0 Å². The Hall–Kier alpha value is -3.00. The van der Waals surface area contributed by atoms with Crippen LogP contribution < -0.4 is 21.1 Å². The first-order valence-corrected chi connectivity index (χ1v) is 8.66. The van der Waals surface area contributed by atoms with E-state index in [0.29, 0.717) is 0 Å². The molecular formula is C23H17BO. The molecule has 5 rings (SSSR count). The molecule has 0 bridgehead atoms. The zero-order valence-corrected chi connectivity index (χ0v) is 14.1. The smallest absolute Gasteiger partial charge is 0.250 e. The first-order valence-electron chi connectivity index (χ1n) is 8.66. The predicted octanol–water partition coefficient (Wildman–Crippen LogP) is 3.77. The lowest BCUT2D eigenvalue weighted by molar-refractivity contribution is 0.493. The fourth-order valence-electron chi connectivity index (χ4n) is 3.90. The molecule has 1 nitrogen and oxygen atoms in total. The van der Waals surface area contributed by atoms with Crippen LogP contribution in [0.5, 0.6) is 11.5 Å². The van der Waals surface area contributed by atoms with Crippen molar-refractivity contribution in [2.75, 3.05) is 0 Å². The minimum atomic E-state index is 0.199. The second kappa shape index (κ2) is 5.53. The van der Waals surface area contributed by atoms with Crippen LogP contribution in [0, 0.1) is 6.92 Å². The Morgan fingerprint density at radius 3 is 2.48 bits per heavy atom. The molecule has 0 radical (unpaired) electrons. The highest BCUT2D eigenvalue weighted by Gasteiger charge is 2.32. The summed E-state index contributed by atoms with van der Waals surface area (Å²) in [7, 11) is 0. The molecule has 1 aliphatic heterocycles. The zero-order chi connectivity index (χ0) is 16.8. The molecule has 0 fully saturated rings. The molecule has 4 aromatic carbocycles. The monoisotopic (exact) mass is 320 g/mol. The predicted molar refractivity (Wildman–Crippen MR) is 106 cm³/mol. The van der Waals surface area contributed by atoms with E-state index in [1.165, 1.54) is 32.7 Å². The first-order chi connectivity index (χ1) is 12.3. The van der Waals surface area contributed by atoms with Crippen molar-refractivity contribution in [3.8, 4) is 11.5 Å². The standard InChI is InChI=1S/C23H17BO/c1-16-7-6-9-18(15-16)24-20-11-4-5-12-22(20)25-23-19-10-3-2-8-17(19)13-14-21(23)24/h2-15H,1H3. The molecule has 25 heavy (non-hydrogen) atoms. The minimum absolute atomic E-state index is 0.199. The Morgan fingerprint density at radius 2 is 1.56 bits per heavy atom. The van der Waals surface area contributed by atoms with Crippen LogP contribution in [0.1, 0.15) is 5.56 Å². The summed E-state index contributed by atoms with van der Waals surface area (Å²) in [5, 5.41) is 2.38. The number of benzene rings is 4. The molecule has 0 saturated heterocycles. The van der Waals surface area contributed by atoms with Gasteiger partial charge in [-0.2, -0.15) is 0 Å². The van der Waals surface area contributed by atoms with Crippen molar-refractivity contribution >= 4 is 33.9 Å². The van der Waals surface area contributed by atoms with E-state index in [1.807, 2.05) is 6.07 Å². The van der Waals surface area contributed by atoms with Crippen LogP contribution in [0.3, 0.4) is 0 Å². The van der Waals surface area contributed by atoms with Crippen LogP contribution in [0.15, 0.2) is 84.9 Å². The summed E-state index contributed by atoms with van der Waals surface area (Å²) in [5.74, 6) is 1.95. The van der Waals surface area contributed by atoms with Crippen molar-refractivity contribution in [2.45, 2.75) is 6.92 Å². The molecule has 1 aliphatic rings. The van der Waals surface area contributed by atoms with Gasteiger partial charge in [0.15, 0.2) is 0 Å². The number of hydrogen-bond acceptors (Lipinski definition) is 1. The Kier molecular flexibility index (Phi) is 3.17. The third-order valence-electron chi connectivity index (χ3n) is 5.04. The maximum absolute atomic E-state index is 6.37. The van der Waals surface area contributed by atoms with Crippen LogP contribution in [0.25, 0.3) is 10.8 Å². The number of aryl methyl sites for hydroxylation is 1. The van der Waals surface area contributed by atoms with Gasteiger partial charge in [0.1, 0.15) is 11.5 Å². The highest BCUT2D eigenvalue weighted by molar-refractivity contribution is 6.97. The second-order valence-electron chi connectivity index (χ2n) is 6.69. The summed E-state index contributed by atoms with van der Waals surface area (Å²) in [6.07, 6.45) is 0. The van der Waals surface area contributed by atoms with Crippen molar-refractivity contribution in [1.82, 2.24) is 0 Å². The largest absolute Gasteiger partial charge is 0.458 e. The topological polar surface area (TPSA) is 9.23 Å². The van der Waals surface area contributed by atoms with E-state index in [1.54, 1.807) is 0 Å². The van der Waals surface area contributed by atoms with E-state index >= 15 is 0 Å². The van der Waals surface area contributed by atoms with E-state index in [0.717, 1.165) is 11.5 Å². The lowest BCUT2D eigenvalue weighted by Gasteiger charge is -2.27. The highest BCUT2D eigenvalue weighted by Crippen LogP contribution is 2.31. The van der Waals surface area contributed by atoms with Crippen LogP contribution in [0.4, 0.5) is 0 Å². The van der Waals surface area contributed by atoms with Gasteiger partial charge in [0.2, 0.25) is 0 Å². The van der Waals surface area contributed by atoms with Gasteiger partial charge < -0.3 is 4.74 Å². The summed E-state index contributed by atoms with van der Waals surface area (Å²) in [6.45, 7) is 2.35. The molecule has 1 heterocycles. The quantitative estimate of drug-likeness (QED) is 0.427. The molecule has 0 saturated carbocycles. The molecule has 0 N–H and O–H groups in total. The van der Waals surface area contributed by atoms with Crippen LogP contribution in [-0.4, -0.2) is 6.71 Å². The van der Waals surface area contributed by atoms with Gasteiger partial charge in [-0.1, -0.05) is 89.9 Å². The number of fused-ring (bicyclic) bond motifs is 4. The van der Waals surface area contributed by atoms with Gasteiger partial charge in [-0.15, -0.1) is 0 Å².